The highest BCUT2D eigenvalue weighted by Gasteiger charge is 2.25. The fraction of sp³-hybridized carbons (Fsp3) is 0.667. The molecule has 0 amide bonds. The minimum atomic E-state index is 0.581. The zero-order chi connectivity index (χ0) is 16.4. The van der Waals surface area contributed by atoms with E-state index in [-0.39, 0.29) is 0 Å². The van der Waals surface area contributed by atoms with Crippen molar-refractivity contribution < 1.29 is 0 Å². The van der Waals surface area contributed by atoms with Gasteiger partial charge in [-0.3, -0.25) is 14.7 Å². The van der Waals surface area contributed by atoms with Gasteiger partial charge in [0.05, 0.1) is 12.4 Å². The van der Waals surface area contributed by atoms with Gasteiger partial charge in [-0.25, -0.2) is 0 Å². The number of hydrogen-bond donors (Lipinski definition) is 1. The molecule has 0 unspecified atom stereocenters. The van der Waals surface area contributed by atoms with Gasteiger partial charge in [0, 0.05) is 43.0 Å². The molecule has 3 heterocycles. The first kappa shape index (κ1) is 16.2. The van der Waals surface area contributed by atoms with Crippen LogP contribution in [0.15, 0.2) is 12.4 Å². The molecule has 0 aromatic carbocycles. The molecule has 3 rings (SSSR count). The molecule has 1 fully saturated rings. The molecule has 1 aliphatic rings. The maximum absolute atomic E-state index is 4.37. The molecule has 0 radical (unpaired) electrons. The molecule has 0 saturated carbocycles. The number of H-pyrrole nitrogens is 1. The first-order valence-electron chi connectivity index (χ1n) is 8.76. The number of likely N-dealkylation sites (tertiary alicyclic amines) is 1. The Morgan fingerprint density at radius 1 is 1.30 bits per heavy atom. The Morgan fingerprint density at radius 2 is 2.13 bits per heavy atom. The molecule has 1 aliphatic heterocycles. The summed E-state index contributed by atoms with van der Waals surface area (Å²) in [6.45, 7) is 9.99. The van der Waals surface area contributed by atoms with Crippen molar-refractivity contribution in [2.24, 2.45) is 13.0 Å². The quantitative estimate of drug-likeness (QED) is 0.922. The number of aromatic nitrogens is 4. The van der Waals surface area contributed by atoms with E-state index in [1.807, 2.05) is 24.1 Å². The second kappa shape index (κ2) is 6.87. The van der Waals surface area contributed by atoms with Crippen LogP contribution in [-0.4, -0.2) is 38.0 Å². The summed E-state index contributed by atoms with van der Waals surface area (Å²) < 4.78 is 1.96. The van der Waals surface area contributed by atoms with Gasteiger partial charge in [-0.2, -0.15) is 10.2 Å². The smallest absolute Gasteiger partial charge is 0.0537 e. The molecule has 23 heavy (non-hydrogen) atoms. The van der Waals surface area contributed by atoms with Crippen LogP contribution < -0.4 is 0 Å². The van der Waals surface area contributed by atoms with Crippen LogP contribution in [-0.2, 0) is 20.0 Å². The summed E-state index contributed by atoms with van der Waals surface area (Å²) in [5, 5.41) is 12.0. The van der Waals surface area contributed by atoms with Crippen molar-refractivity contribution >= 4 is 0 Å². The molecule has 1 atom stereocenters. The van der Waals surface area contributed by atoms with Gasteiger partial charge in [-0.05, 0) is 44.2 Å². The zero-order valence-electron chi connectivity index (χ0n) is 14.8. The highest BCUT2D eigenvalue weighted by Crippen LogP contribution is 2.29. The van der Waals surface area contributed by atoms with Crippen molar-refractivity contribution in [2.75, 3.05) is 13.1 Å². The molecule has 2 aromatic rings. The minimum Gasteiger partial charge on any atom is -0.298 e. The van der Waals surface area contributed by atoms with Gasteiger partial charge < -0.3 is 0 Å². The minimum absolute atomic E-state index is 0.581. The molecule has 0 spiro atoms. The van der Waals surface area contributed by atoms with E-state index < -0.39 is 0 Å². The van der Waals surface area contributed by atoms with Gasteiger partial charge in [0.1, 0.15) is 0 Å². The van der Waals surface area contributed by atoms with Crippen molar-refractivity contribution in [1.29, 1.82) is 0 Å². The molecule has 0 aliphatic carbocycles. The van der Waals surface area contributed by atoms with E-state index in [0.29, 0.717) is 11.8 Å². The summed E-state index contributed by atoms with van der Waals surface area (Å²) in [5.41, 5.74) is 5.39. The lowest BCUT2D eigenvalue weighted by molar-refractivity contribution is 0.197. The zero-order valence-corrected chi connectivity index (χ0v) is 14.8. The number of aromatic amines is 1. The third kappa shape index (κ3) is 3.66. The van der Waals surface area contributed by atoms with Gasteiger partial charge in [-0.1, -0.05) is 13.8 Å². The van der Waals surface area contributed by atoms with Crippen LogP contribution in [0.1, 0.15) is 55.1 Å². The molecule has 0 bridgehead atoms. The van der Waals surface area contributed by atoms with Gasteiger partial charge in [0.15, 0.2) is 0 Å². The monoisotopic (exact) mass is 315 g/mol. The molecule has 5 heteroatoms. The summed E-state index contributed by atoms with van der Waals surface area (Å²) in [7, 11) is 2.01. The third-order valence-electron chi connectivity index (χ3n) is 5.02. The standard InChI is InChI=1S/C18H29N5/c1-13(2)8-16-9-19-21-18(16)15-6-5-7-23(11-15)12-17-10-20-22(4)14(17)3/h9-10,13,15H,5-8,11-12H2,1-4H3,(H,19,21)/t15-/m0/s1. The van der Waals surface area contributed by atoms with E-state index in [2.05, 4.69) is 41.0 Å². The van der Waals surface area contributed by atoms with E-state index in [9.17, 15) is 0 Å². The number of nitrogens with zero attached hydrogens (tertiary/aromatic N) is 4. The Balaban J connectivity index is 1.69. The van der Waals surface area contributed by atoms with Crippen molar-refractivity contribution in [1.82, 2.24) is 24.9 Å². The highest BCUT2D eigenvalue weighted by atomic mass is 15.3. The van der Waals surface area contributed by atoms with E-state index >= 15 is 0 Å². The van der Waals surface area contributed by atoms with Crippen LogP contribution in [0.2, 0.25) is 0 Å². The lowest BCUT2D eigenvalue weighted by Gasteiger charge is -2.32. The summed E-state index contributed by atoms with van der Waals surface area (Å²) in [6.07, 6.45) is 7.67. The first-order chi connectivity index (χ1) is 11.0. The van der Waals surface area contributed by atoms with Crippen LogP contribution in [0.25, 0.3) is 0 Å². The van der Waals surface area contributed by atoms with Gasteiger partial charge >= 0.3 is 0 Å². The second-order valence-corrected chi connectivity index (χ2v) is 7.36. The van der Waals surface area contributed by atoms with Crippen molar-refractivity contribution in [3.8, 4) is 0 Å². The third-order valence-corrected chi connectivity index (χ3v) is 5.02. The predicted octanol–water partition coefficient (Wildman–Crippen LogP) is 3.03. The summed E-state index contributed by atoms with van der Waals surface area (Å²) in [5.74, 6) is 1.25. The first-order valence-corrected chi connectivity index (χ1v) is 8.76. The van der Waals surface area contributed by atoms with Gasteiger partial charge in [0.25, 0.3) is 0 Å². The topological polar surface area (TPSA) is 49.7 Å². The number of aryl methyl sites for hydroxylation is 1. The lowest BCUT2D eigenvalue weighted by Crippen LogP contribution is -2.34. The lowest BCUT2D eigenvalue weighted by atomic mass is 9.90. The number of hydrogen-bond acceptors (Lipinski definition) is 3. The van der Waals surface area contributed by atoms with Crippen LogP contribution in [0.4, 0.5) is 0 Å². The SMILES string of the molecule is Cc1c(CN2CCC[C@H](c3[nH]ncc3CC(C)C)C2)cnn1C. The van der Waals surface area contributed by atoms with Crippen LogP contribution in [0.5, 0.6) is 0 Å². The van der Waals surface area contributed by atoms with Crippen LogP contribution in [0, 0.1) is 12.8 Å². The second-order valence-electron chi connectivity index (χ2n) is 7.36. The Labute approximate surface area is 139 Å². The van der Waals surface area contributed by atoms with E-state index in [1.165, 1.54) is 41.9 Å². The predicted molar refractivity (Wildman–Crippen MR) is 92.3 cm³/mol. The highest BCUT2D eigenvalue weighted by molar-refractivity contribution is 5.22. The van der Waals surface area contributed by atoms with Crippen molar-refractivity contribution in [2.45, 2.75) is 52.5 Å². The van der Waals surface area contributed by atoms with Gasteiger partial charge in [0.2, 0.25) is 0 Å². The van der Waals surface area contributed by atoms with Crippen LogP contribution in [0.3, 0.4) is 0 Å². The largest absolute Gasteiger partial charge is 0.298 e. The van der Waals surface area contributed by atoms with Crippen molar-refractivity contribution in [3.63, 3.8) is 0 Å². The fourth-order valence-corrected chi connectivity index (χ4v) is 3.65. The normalized spacial score (nSPS) is 19.6. The number of nitrogens with one attached hydrogen (secondary N) is 1. The summed E-state index contributed by atoms with van der Waals surface area (Å²) in [6, 6.07) is 0. The van der Waals surface area contributed by atoms with Gasteiger partial charge in [-0.15, -0.1) is 0 Å². The summed E-state index contributed by atoms with van der Waals surface area (Å²) in [4.78, 5) is 2.57. The Morgan fingerprint density at radius 3 is 2.83 bits per heavy atom. The maximum Gasteiger partial charge on any atom is 0.0537 e. The Kier molecular flexibility index (Phi) is 4.85. The Hall–Kier alpha value is -1.62. The molecular formula is C18H29N5. The van der Waals surface area contributed by atoms with E-state index in [0.717, 1.165) is 19.5 Å². The number of piperidine rings is 1. The molecule has 5 nitrogen and oxygen atoms in total. The average Bonchev–Trinajstić information content (AvgIpc) is 3.09. The maximum atomic E-state index is 4.37. The molecule has 2 aromatic heterocycles. The van der Waals surface area contributed by atoms with Crippen molar-refractivity contribution in [3.05, 3.63) is 34.9 Å². The summed E-state index contributed by atoms with van der Waals surface area (Å²) >= 11 is 0. The Bertz CT molecular complexity index is 640. The molecular weight excluding hydrogens is 286 g/mol. The van der Waals surface area contributed by atoms with Crippen LogP contribution >= 0.6 is 0 Å². The average molecular weight is 315 g/mol. The fourth-order valence-electron chi connectivity index (χ4n) is 3.65. The van der Waals surface area contributed by atoms with E-state index in [4.69, 9.17) is 0 Å². The molecule has 1 saturated heterocycles. The molecule has 126 valence electrons. The molecule has 1 N–H and O–H groups in total. The van der Waals surface area contributed by atoms with E-state index in [1.54, 1.807) is 0 Å². The number of rotatable bonds is 5.